The fourth-order valence-electron chi connectivity index (χ4n) is 8.50. The van der Waals surface area contributed by atoms with E-state index in [9.17, 15) is 10.2 Å². The molecule has 1 saturated carbocycles. The second-order valence-electron chi connectivity index (χ2n) is 13.2. The number of phenols is 1. The maximum absolute atomic E-state index is 12.1. The maximum atomic E-state index is 12.1. The smallest absolute Gasteiger partial charge is 0.165 e. The van der Waals surface area contributed by atoms with Gasteiger partial charge in [-0.15, -0.1) is 0 Å². The van der Waals surface area contributed by atoms with Gasteiger partial charge in [-0.05, 0) is 75.1 Å². The molecule has 4 aliphatic rings. The molecule has 2 heterocycles. The molecule has 0 radical (unpaired) electrons. The van der Waals surface area contributed by atoms with Gasteiger partial charge in [-0.25, -0.2) is 0 Å². The highest BCUT2D eigenvalue weighted by molar-refractivity contribution is 5.62. The average molecular weight is 472 g/mol. The number of piperidine rings is 1. The Morgan fingerprint density at radius 3 is 2.53 bits per heavy atom. The van der Waals surface area contributed by atoms with Gasteiger partial charge in [-0.2, -0.15) is 0 Å². The molecular formula is C29H45NO4. The number of methoxy groups -OCH3 is 1. The van der Waals surface area contributed by atoms with Crippen molar-refractivity contribution in [1.82, 2.24) is 4.90 Å². The summed E-state index contributed by atoms with van der Waals surface area (Å²) >= 11 is 0. The van der Waals surface area contributed by atoms with Crippen molar-refractivity contribution in [1.29, 1.82) is 0 Å². The van der Waals surface area contributed by atoms with Crippen molar-refractivity contribution in [3.05, 3.63) is 23.3 Å². The highest BCUT2D eigenvalue weighted by Gasteiger charge is 2.77. The first-order chi connectivity index (χ1) is 15.8. The van der Waals surface area contributed by atoms with Crippen LogP contribution in [0.3, 0.4) is 0 Å². The van der Waals surface area contributed by atoms with Crippen LogP contribution in [0.15, 0.2) is 12.1 Å². The summed E-state index contributed by atoms with van der Waals surface area (Å²) < 4.78 is 13.2. The van der Waals surface area contributed by atoms with Crippen LogP contribution in [-0.4, -0.2) is 58.7 Å². The maximum Gasteiger partial charge on any atom is 0.165 e. The SMILES string of the molecule is CCCCN1CC[C@]23c4c5ccc(O)c4O[C@H]2[C@](C)(OC)[C@@H](C(C)(O)C(C)(C)C)C[C@]3(C)[C@H]1C5. The van der Waals surface area contributed by atoms with Gasteiger partial charge in [0.05, 0.1) is 5.60 Å². The monoisotopic (exact) mass is 471 g/mol. The molecule has 1 aromatic carbocycles. The van der Waals surface area contributed by atoms with E-state index in [1.54, 1.807) is 7.11 Å². The van der Waals surface area contributed by atoms with E-state index in [-0.39, 0.29) is 34.0 Å². The fraction of sp³-hybridized carbons (Fsp3) is 0.793. The number of unbranched alkanes of at least 4 members (excludes halogenated alkanes) is 1. The molecule has 34 heavy (non-hydrogen) atoms. The Balaban J connectivity index is 1.76. The van der Waals surface area contributed by atoms with Gasteiger partial charge in [0, 0.05) is 30.0 Å². The molecule has 2 fully saturated rings. The van der Waals surface area contributed by atoms with Crippen LogP contribution in [0.2, 0.25) is 0 Å². The first kappa shape index (κ1) is 24.4. The van der Waals surface area contributed by atoms with E-state index in [1.807, 2.05) is 13.0 Å². The number of aliphatic hydroxyl groups is 1. The van der Waals surface area contributed by atoms with Crippen molar-refractivity contribution in [2.75, 3.05) is 20.2 Å². The average Bonchev–Trinajstić information content (AvgIpc) is 3.12. The molecule has 1 saturated heterocycles. The Labute approximate surface area is 205 Å². The van der Waals surface area contributed by atoms with Crippen LogP contribution < -0.4 is 4.74 Å². The second-order valence-corrected chi connectivity index (χ2v) is 13.2. The summed E-state index contributed by atoms with van der Waals surface area (Å²) in [5.74, 6) is 0.766. The van der Waals surface area contributed by atoms with E-state index in [2.05, 4.69) is 52.5 Å². The molecule has 2 aliphatic heterocycles. The van der Waals surface area contributed by atoms with Crippen LogP contribution in [0.5, 0.6) is 11.5 Å². The predicted molar refractivity (Wildman–Crippen MR) is 134 cm³/mol. The summed E-state index contributed by atoms with van der Waals surface area (Å²) in [6.07, 6.45) is 4.94. The Bertz CT molecular complexity index is 983. The fourth-order valence-corrected chi connectivity index (χ4v) is 8.50. The number of likely N-dealkylation sites (tertiary alicyclic amines) is 1. The number of hydrogen-bond acceptors (Lipinski definition) is 5. The molecule has 5 nitrogen and oxygen atoms in total. The van der Waals surface area contributed by atoms with Crippen molar-refractivity contribution in [3.8, 4) is 11.5 Å². The molecule has 1 unspecified atom stereocenters. The minimum absolute atomic E-state index is 0.104. The third-order valence-corrected chi connectivity index (χ3v) is 11.0. The molecule has 1 aromatic rings. The third-order valence-electron chi connectivity index (χ3n) is 11.0. The molecule has 190 valence electrons. The van der Waals surface area contributed by atoms with Crippen LogP contribution in [0.1, 0.15) is 85.3 Å². The van der Waals surface area contributed by atoms with Crippen molar-refractivity contribution >= 4 is 0 Å². The molecule has 2 N–H and O–H groups in total. The first-order valence-corrected chi connectivity index (χ1v) is 13.3. The highest BCUT2D eigenvalue weighted by atomic mass is 16.6. The lowest BCUT2D eigenvalue weighted by molar-refractivity contribution is -0.270. The number of benzene rings is 1. The zero-order chi connectivity index (χ0) is 24.9. The standard InChI is InChI=1S/C29H45NO4/c1-9-10-14-30-15-13-29-22-18-11-12-19(31)23(22)34-24(29)27(6,33-8)20(28(7,32)25(2,3)4)17-26(29,5)21(30)16-18/h11-12,20-21,24,31-32H,9-10,13-17H2,1-8H3/t20-,21+,24-,26+,27+,28?,29-/m0/s1. The minimum atomic E-state index is -0.967. The van der Waals surface area contributed by atoms with Gasteiger partial charge in [-0.1, -0.05) is 47.1 Å². The van der Waals surface area contributed by atoms with Gasteiger partial charge in [0.25, 0.3) is 0 Å². The first-order valence-electron chi connectivity index (χ1n) is 13.3. The van der Waals surface area contributed by atoms with Gasteiger partial charge in [0.1, 0.15) is 11.7 Å². The van der Waals surface area contributed by atoms with Gasteiger partial charge in [-0.3, -0.25) is 4.90 Å². The lowest BCUT2D eigenvalue weighted by Crippen LogP contribution is -2.79. The second kappa shape index (κ2) is 7.36. The topological polar surface area (TPSA) is 62.2 Å². The van der Waals surface area contributed by atoms with Crippen molar-refractivity contribution in [2.24, 2.45) is 16.7 Å². The summed E-state index contributed by atoms with van der Waals surface area (Å²) in [5.41, 5.74) is 0.202. The summed E-state index contributed by atoms with van der Waals surface area (Å²) in [6, 6.07) is 4.31. The summed E-state index contributed by atoms with van der Waals surface area (Å²) in [7, 11) is 1.77. The van der Waals surface area contributed by atoms with E-state index in [0.29, 0.717) is 11.8 Å². The van der Waals surface area contributed by atoms with Crippen LogP contribution >= 0.6 is 0 Å². The Morgan fingerprint density at radius 2 is 1.91 bits per heavy atom. The van der Waals surface area contributed by atoms with E-state index >= 15 is 0 Å². The van der Waals surface area contributed by atoms with Crippen molar-refractivity contribution < 1.29 is 19.7 Å². The summed E-state index contributed by atoms with van der Waals surface area (Å²) in [5, 5.41) is 23.1. The third kappa shape index (κ3) is 2.72. The summed E-state index contributed by atoms with van der Waals surface area (Å²) in [4.78, 5) is 2.72. The van der Waals surface area contributed by atoms with Gasteiger partial charge < -0.3 is 19.7 Å². The zero-order valence-corrected chi connectivity index (χ0v) is 22.5. The van der Waals surface area contributed by atoms with E-state index in [0.717, 1.165) is 32.4 Å². The molecule has 7 atom stereocenters. The van der Waals surface area contributed by atoms with Crippen LogP contribution in [0.25, 0.3) is 0 Å². The number of aromatic hydroxyl groups is 1. The number of phenolic OH excluding ortho intramolecular Hbond substituents is 1. The normalized spacial score (nSPS) is 40.4. The molecule has 1 spiro atoms. The van der Waals surface area contributed by atoms with E-state index in [1.165, 1.54) is 24.0 Å². The van der Waals surface area contributed by atoms with Crippen LogP contribution in [0.4, 0.5) is 0 Å². The lowest BCUT2D eigenvalue weighted by Gasteiger charge is -2.70. The number of ether oxygens (including phenoxy) is 2. The Morgan fingerprint density at radius 1 is 1.21 bits per heavy atom. The van der Waals surface area contributed by atoms with Crippen LogP contribution in [0, 0.1) is 16.7 Å². The minimum Gasteiger partial charge on any atom is -0.504 e. The quantitative estimate of drug-likeness (QED) is 0.629. The molecular weight excluding hydrogens is 426 g/mol. The number of nitrogens with zero attached hydrogens (tertiary/aromatic N) is 1. The molecule has 0 aromatic heterocycles. The Kier molecular flexibility index (Phi) is 5.28. The van der Waals surface area contributed by atoms with E-state index in [4.69, 9.17) is 9.47 Å². The summed E-state index contributed by atoms with van der Waals surface area (Å²) in [6.45, 7) is 17.4. The Hall–Kier alpha value is -1.30. The zero-order valence-electron chi connectivity index (χ0n) is 22.5. The molecule has 5 rings (SSSR count). The van der Waals surface area contributed by atoms with Gasteiger partial charge in [0.15, 0.2) is 11.5 Å². The van der Waals surface area contributed by atoms with Gasteiger partial charge in [0.2, 0.25) is 0 Å². The van der Waals surface area contributed by atoms with Crippen molar-refractivity contribution in [2.45, 2.75) is 109 Å². The predicted octanol–water partition coefficient (Wildman–Crippen LogP) is 5.05. The molecule has 2 bridgehead atoms. The lowest BCUT2D eigenvalue weighted by atomic mass is 9.38. The number of hydrogen-bond donors (Lipinski definition) is 2. The molecule has 2 aliphatic carbocycles. The largest absolute Gasteiger partial charge is 0.504 e. The number of rotatable bonds is 5. The molecule has 5 heteroatoms. The molecule has 0 amide bonds. The van der Waals surface area contributed by atoms with E-state index < -0.39 is 11.2 Å². The van der Waals surface area contributed by atoms with Gasteiger partial charge >= 0.3 is 0 Å². The van der Waals surface area contributed by atoms with Crippen LogP contribution in [-0.2, 0) is 16.6 Å². The highest BCUT2D eigenvalue weighted by Crippen LogP contribution is 2.73. The van der Waals surface area contributed by atoms with Crippen molar-refractivity contribution in [3.63, 3.8) is 0 Å².